The number of anilines is 1. The van der Waals surface area contributed by atoms with Crippen molar-refractivity contribution in [3.8, 4) is 0 Å². The SMILES string of the molecule is CNS(=O)(=O)c1cc(NC(=O)CN2CCNC[C@@H]2C)ccc1C.Cl. The van der Waals surface area contributed by atoms with E-state index in [0.29, 0.717) is 23.8 Å². The number of aryl methyl sites for hydroxylation is 1. The van der Waals surface area contributed by atoms with Crippen LogP contribution in [-0.4, -0.2) is 58.5 Å². The molecule has 0 aliphatic carbocycles. The van der Waals surface area contributed by atoms with Gasteiger partial charge in [-0.05, 0) is 38.6 Å². The van der Waals surface area contributed by atoms with Gasteiger partial charge in [-0.3, -0.25) is 9.69 Å². The molecule has 3 N–H and O–H groups in total. The molecule has 0 aromatic heterocycles. The van der Waals surface area contributed by atoms with Crippen LogP contribution in [0.15, 0.2) is 23.1 Å². The van der Waals surface area contributed by atoms with Gasteiger partial charge < -0.3 is 10.6 Å². The largest absolute Gasteiger partial charge is 0.325 e. The topological polar surface area (TPSA) is 90.5 Å². The van der Waals surface area contributed by atoms with E-state index in [9.17, 15) is 13.2 Å². The molecule has 1 heterocycles. The van der Waals surface area contributed by atoms with Crippen LogP contribution < -0.4 is 15.4 Å². The third-order valence-corrected chi connectivity index (χ3v) is 5.57. The van der Waals surface area contributed by atoms with Crippen LogP contribution in [-0.2, 0) is 14.8 Å². The van der Waals surface area contributed by atoms with E-state index >= 15 is 0 Å². The Balaban J connectivity index is 0.00000288. The first-order chi connectivity index (χ1) is 10.8. The zero-order valence-corrected chi connectivity index (χ0v) is 15.8. The van der Waals surface area contributed by atoms with E-state index in [-0.39, 0.29) is 23.2 Å². The zero-order valence-electron chi connectivity index (χ0n) is 14.1. The van der Waals surface area contributed by atoms with E-state index in [4.69, 9.17) is 0 Å². The molecule has 24 heavy (non-hydrogen) atoms. The summed E-state index contributed by atoms with van der Waals surface area (Å²) in [6.45, 7) is 6.64. The van der Waals surface area contributed by atoms with Crippen molar-refractivity contribution in [3.05, 3.63) is 23.8 Å². The number of hydrogen-bond donors (Lipinski definition) is 3. The molecule has 9 heteroatoms. The molecule has 1 amide bonds. The second-order valence-electron chi connectivity index (χ2n) is 5.76. The Bertz CT molecular complexity index is 681. The maximum atomic E-state index is 12.2. The van der Waals surface area contributed by atoms with Gasteiger partial charge in [0.05, 0.1) is 11.4 Å². The molecule has 0 bridgehead atoms. The lowest BCUT2D eigenvalue weighted by Crippen LogP contribution is -2.51. The number of piperazine rings is 1. The van der Waals surface area contributed by atoms with Crippen LogP contribution >= 0.6 is 12.4 Å². The third kappa shape index (κ3) is 5.15. The van der Waals surface area contributed by atoms with E-state index in [1.807, 2.05) is 0 Å². The predicted molar refractivity (Wildman–Crippen MR) is 97.2 cm³/mol. The second-order valence-corrected chi connectivity index (χ2v) is 7.61. The van der Waals surface area contributed by atoms with Gasteiger partial charge >= 0.3 is 0 Å². The van der Waals surface area contributed by atoms with Crippen molar-refractivity contribution in [1.82, 2.24) is 14.9 Å². The molecule has 7 nitrogen and oxygen atoms in total. The van der Waals surface area contributed by atoms with E-state index < -0.39 is 10.0 Å². The predicted octanol–water partition coefficient (Wildman–Crippen LogP) is 0.557. The Kier molecular flexibility index (Phi) is 7.62. The maximum Gasteiger partial charge on any atom is 0.240 e. The van der Waals surface area contributed by atoms with Gasteiger partial charge in [0.15, 0.2) is 0 Å². The lowest BCUT2D eigenvalue weighted by Gasteiger charge is -2.33. The van der Waals surface area contributed by atoms with Crippen molar-refractivity contribution in [2.45, 2.75) is 24.8 Å². The summed E-state index contributed by atoms with van der Waals surface area (Å²) >= 11 is 0. The first-order valence-electron chi connectivity index (χ1n) is 7.62. The number of nitrogens with one attached hydrogen (secondary N) is 3. The summed E-state index contributed by atoms with van der Waals surface area (Å²) in [4.78, 5) is 14.5. The standard InChI is InChI=1S/C15H24N4O3S.ClH/c1-11-4-5-13(8-14(11)23(21,22)16-3)18-15(20)10-19-7-6-17-9-12(19)2;/h4-5,8,12,16-17H,6-7,9-10H2,1-3H3,(H,18,20);1H/t12-;/m0./s1. The highest BCUT2D eigenvalue weighted by molar-refractivity contribution is 7.89. The van der Waals surface area contributed by atoms with Gasteiger partial charge in [0.25, 0.3) is 0 Å². The minimum Gasteiger partial charge on any atom is -0.325 e. The van der Waals surface area contributed by atoms with Crippen LogP contribution in [0.1, 0.15) is 12.5 Å². The summed E-state index contributed by atoms with van der Waals surface area (Å²) in [5.41, 5.74) is 1.12. The number of hydrogen-bond acceptors (Lipinski definition) is 5. The van der Waals surface area contributed by atoms with Gasteiger partial charge in [0.2, 0.25) is 15.9 Å². The van der Waals surface area contributed by atoms with E-state index in [2.05, 4.69) is 27.2 Å². The minimum absolute atomic E-state index is 0. The van der Waals surface area contributed by atoms with E-state index in [1.54, 1.807) is 19.1 Å². The monoisotopic (exact) mass is 376 g/mol. The summed E-state index contributed by atoms with van der Waals surface area (Å²) in [6, 6.07) is 5.18. The quantitative estimate of drug-likeness (QED) is 0.698. The summed E-state index contributed by atoms with van der Waals surface area (Å²) in [5.74, 6) is -0.143. The van der Waals surface area contributed by atoms with Gasteiger partial charge in [0, 0.05) is 31.4 Å². The fourth-order valence-electron chi connectivity index (χ4n) is 2.58. The summed E-state index contributed by atoms with van der Waals surface area (Å²) in [6.07, 6.45) is 0. The maximum absolute atomic E-state index is 12.2. The number of carbonyl (C=O) groups excluding carboxylic acids is 1. The Labute approximate surface area is 149 Å². The van der Waals surface area contributed by atoms with Crippen LogP contribution in [0.2, 0.25) is 0 Å². The highest BCUT2D eigenvalue weighted by Crippen LogP contribution is 2.20. The van der Waals surface area contributed by atoms with Gasteiger partial charge in [-0.25, -0.2) is 13.1 Å². The molecule has 1 fully saturated rings. The molecule has 2 rings (SSSR count). The first kappa shape index (κ1) is 20.9. The molecule has 1 aromatic carbocycles. The molecule has 1 saturated heterocycles. The van der Waals surface area contributed by atoms with Crippen LogP contribution in [0.3, 0.4) is 0 Å². The third-order valence-electron chi connectivity index (χ3n) is 4.02. The van der Waals surface area contributed by atoms with Crippen LogP contribution in [0.25, 0.3) is 0 Å². The second kappa shape index (κ2) is 8.77. The molecule has 1 aromatic rings. The fourth-order valence-corrected chi connectivity index (χ4v) is 3.57. The summed E-state index contributed by atoms with van der Waals surface area (Å²) in [7, 11) is -2.18. The minimum atomic E-state index is -3.54. The summed E-state index contributed by atoms with van der Waals surface area (Å²) in [5, 5.41) is 6.06. The van der Waals surface area contributed by atoms with Crippen molar-refractivity contribution in [1.29, 1.82) is 0 Å². The van der Waals surface area contributed by atoms with Crippen LogP contribution in [0.5, 0.6) is 0 Å². The first-order valence-corrected chi connectivity index (χ1v) is 9.10. The van der Waals surface area contributed by atoms with E-state index in [0.717, 1.165) is 19.6 Å². The van der Waals surface area contributed by atoms with Crippen LogP contribution in [0, 0.1) is 6.92 Å². The lowest BCUT2D eigenvalue weighted by molar-refractivity contribution is -0.118. The molecular weight excluding hydrogens is 352 g/mol. The number of carbonyl (C=O) groups is 1. The number of halogens is 1. The van der Waals surface area contributed by atoms with Crippen molar-refractivity contribution in [2.75, 3.05) is 38.5 Å². The lowest BCUT2D eigenvalue weighted by atomic mass is 10.2. The molecule has 0 spiro atoms. The molecule has 1 aliphatic heterocycles. The van der Waals surface area contributed by atoms with Crippen molar-refractivity contribution < 1.29 is 13.2 Å². The average Bonchev–Trinajstić information content (AvgIpc) is 2.51. The highest BCUT2D eigenvalue weighted by Gasteiger charge is 2.21. The Morgan fingerprint density at radius 3 is 2.75 bits per heavy atom. The molecule has 0 unspecified atom stereocenters. The Morgan fingerprint density at radius 2 is 2.12 bits per heavy atom. The number of amides is 1. The van der Waals surface area contributed by atoms with Crippen molar-refractivity contribution in [2.24, 2.45) is 0 Å². The average molecular weight is 377 g/mol. The molecule has 136 valence electrons. The number of rotatable bonds is 5. The van der Waals surface area contributed by atoms with Crippen molar-refractivity contribution in [3.63, 3.8) is 0 Å². The smallest absolute Gasteiger partial charge is 0.240 e. The summed E-state index contributed by atoms with van der Waals surface area (Å²) < 4.78 is 26.3. The van der Waals surface area contributed by atoms with E-state index in [1.165, 1.54) is 13.1 Å². The van der Waals surface area contributed by atoms with Crippen molar-refractivity contribution >= 4 is 34.0 Å². The van der Waals surface area contributed by atoms with Gasteiger partial charge in [-0.2, -0.15) is 0 Å². The molecule has 1 aliphatic rings. The molecule has 1 atom stereocenters. The molecular formula is C15H25ClN4O3S. The number of nitrogens with zero attached hydrogens (tertiary/aromatic N) is 1. The van der Waals surface area contributed by atoms with Gasteiger partial charge in [-0.15, -0.1) is 12.4 Å². The number of sulfonamides is 1. The fraction of sp³-hybridized carbons (Fsp3) is 0.533. The highest BCUT2D eigenvalue weighted by atomic mass is 35.5. The van der Waals surface area contributed by atoms with Crippen LogP contribution in [0.4, 0.5) is 5.69 Å². The molecule has 0 saturated carbocycles. The Morgan fingerprint density at radius 1 is 1.42 bits per heavy atom. The zero-order chi connectivity index (χ0) is 17.0. The van der Waals surface area contributed by atoms with Gasteiger partial charge in [-0.1, -0.05) is 6.07 Å². The number of benzene rings is 1. The Hall–Kier alpha value is -1.19. The normalized spacial score (nSPS) is 18.7. The van der Waals surface area contributed by atoms with Gasteiger partial charge in [0.1, 0.15) is 0 Å². The molecule has 0 radical (unpaired) electrons.